The normalized spacial score (nSPS) is 10.4. The number of aromatic nitrogens is 3. The quantitative estimate of drug-likeness (QED) is 0.837. The predicted octanol–water partition coefficient (Wildman–Crippen LogP) is 1.81. The minimum Gasteiger partial charge on any atom is -0.478 e. The Balaban J connectivity index is 1.97. The zero-order chi connectivity index (χ0) is 12.3. The third-order valence-corrected chi connectivity index (χ3v) is 3.14. The van der Waals surface area contributed by atoms with Crippen LogP contribution >= 0.6 is 11.8 Å². The van der Waals surface area contributed by atoms with Gasteiger partial charge in [-0.15, -0.1) is 11.8 Å². The molecule has 0 aliphatic rings. The Morgan fingerprint density at radius 2 is 2.29 bits per heavy atom. The van der Waals surface area contributed by atoms with Crippen LogP contribution in [0.5, 0.6) is 0 Å². The largest absolute Gasteiger partial charge is 0.478 e. The average Bonchev–Trinajstić information content (AvgIpc) is 2.73. The van der Waals surface area contributed by atoms with E-state index in [0.717, 1.165) is 16.3 Å². The van der Waals surface area contributed by atoms with Gasteiger partial charge in [-0.25, -0.2) is 9.78 Å². The molecule has 0 bridgehead atoms. The van der Waals surface area contributed by atoms with Gasteiger partial charge in [0.05, 0.1) is 16.8 Å². The van der Waals surface area contributed by atoms with E-state index in [1.165, 1.54) is 6.20 Å². The van der Waals surface area contributed by atoms with Crippen molar-refractivity contribution in [2.75, 3.05) is 0 Å². The fraction of sp³-hybridized carbons (Fsp3) is 0.182. The summed E-state index contributed by atoms with van der Waals surface area (Å²) in [6.45, 7) is 0. The third kappa shape index (κ3) is 3.07. The van der Waals surface area contributed by atoms with E-state index in [4.69, 9.17) is 5.11 Å². The van der Waals surface area contributed by atoms with Crippen molar-refractivity contribution in [1.82, 2.24) is 14.8 Å². The molecule has 0 aliphatic heterocycles. The third-order valence-electron chi connectivity index (χ3n) is 2.13. The summed E-state index contributed by atoms with van der Waals surface area (Å²) >= 11 is 1.55. The van der Waals surface area contributed by atoms with E-state index >= 15 is 0 Å². The van der Waals surface area contributed by atoms with Crippen molar-refractivity contribution in [3.05, 3.63) is 41.9 Å². The van der Waals surface area contributed by atoms with Crippen LogP contribution in [-0.4, -0.2) is 25.8 Å². The summed E-state index contributed by atoms with van der Waals surface area (Å²) in [6, 6.07) is 3.27. The van der Waals surface area contributed by atoms with Crippen molar-refractivity contribution in [1.29, 1.82) is 0 Å². The lowest BCUT2D eigenvalue weighted by Crippen LogP contribution is -1.96. The molecule has 0 saturated carbocycles. The van der Waals surface area contributed by atoms with Crippen LogP contribution in [0.2, 0.25) is 0 Å². The molecule has 0 fully saturated rings. The van der Waals surface area contributed by atoms with Gasteiger partial charge < -0.3 is 5.11 Å². The molecule has 6 heteroatoms. The number of aryl methyl sites for hydroxylation is 1. The number of hydrogen-bond acceptors (Lipinski definition) is 4. The molecule has 2 heterocycles. The smallest absolute Gasteiger partial charge is 0.337 e. The highest BCUT2D eigenvalue weighted by Crippen LogP contribution is 2.20. The van der Waals surface area contributed by atoms with Crippen molar-refractivity contribution in [3.8, 4) is 0 Å². The molecule has 0 unspecified atom stereocenters. The first-order valence-electron chi connectivity index (χ1n) is 4.95. The second kappa shape index (κ2) is 5.01. The molecule has 0 radical (unpaired) electrons. The molecule has 2 rings (SSSR count). The first kappa shape index (κ1) is 11.7. The Kier molecular flexibility index (Phi) is 3.43. The SMILES string of the molecule is Cn1cc(CSc2ccc(C(=O)O)cn2)cn1. The zero-order valence-electron chi connectivity index (χ0n) is 9.20. The molecule has 0 spiro atoms. The Bertz CT molecular complexity index is 522. The van der Waals surface area contributed by atoms with E-state index in [-0.39, 0.29) is 5.56 Å². The lowest BCUT2D eigenvalue weighted by Gasteiger charge is -1.99. The van der Waals surface area contributed by atoms with Gasteiger partial charge in [-0.05, 0) is 12.1 Å². The van der Waals surface area contributed by atoms with E-state index in [2.05, 4.69) is 10.1 Å². The van der Waals surface area contributed by atoms with Gasteiger partial charge in [-0.3, -0.25) is 4.68 Å². The van der Waals surface area contributed by atoms with Crippen LogP contribution in [0.4, 0.5) is 0 Å². The Hall–Kier alpha value is -1.82. The number of carboxylic acids is 1. The van der Waals surface area contributed by atoms with Crippen LogP contribution in [0.3, 0.4) is 0 Å². The van der Waals surface area contributed by atoms with Gasteiger partial charge in [-0.1, -0.05) is 0 Å². The van der Waals surface area contributed by atoms with Gasteiger partial charge in [-0.2, -0.15) is 5.10 Å². The fourth-order valence-corrected chi connectivity index (χ4v) is 2.05. The van der Waals surface area contributed by atoms with Crippen molar-refractivity contribution in [3.63, 3.8) is 0 Å². The Morgan fingerprint density at radius 1 is 1.47 bits per heavy atom. The second-order valence-corrected chi connectivity index (χ2v) is 4.50. The summed E-state index contributed by atoms with van der Waals surface area (Å²) in [6.07, 6.45) is 5.12. The maximum Gasteiger partial charge on any atom is 0.337 e. The molecule has 2 aromatic heterocycles. The van der Waals surface area contributed by atoms with Crippen molar-refractivity contribution in [2.45, 2.75) is 10.8 Å². The molecule has 0 atom stereocenters. The number of rotatable bonds is 4. The standard InChI is InChI=1S/C11H11N3O2S/c1-14-6-8(4-13-14)7-17-10-3-2-9(5-12-10)11(15)16/h2-6H,7H2,1H3,(H,15,16). The molecular weight excluding hydrogens is 238 g/mol. The van der Waals surface area contributed by atoms with Gasteiger partial charge in [0.1, 0.15) is 0 Å². The zero-order valence-corrected chi connectivity index (χ0v) is 10.0. The molecule has 0 aromatic carbocycles. The number of aromatic carboxylic acids is 1. The lowest BCUT2D eigenvalue weighted by atomic mass is 10.3. The number of thioether (sulfide) groups is 1. The van der Waals surface area contributed by atoms with E-state index in [9.17, 15) is 4.79 Å². The maximum atomic E-state index is 10.6. The Morgan fingerprint density at radius 3 is 2.82 bits per heavy atom. The highest BCUT2D eigenvalue weighted by atomic mass is 32.2. The fourth-order valence-electron chi connectivity index (χ4n) is 1.30. The molecule has 17 heavy (non-hydrogen) atoms. The van der Waals surface area contributed by atoms with Crippen LogP contribution in [-0.2, 0) is 12.8 Å². The minimum atomic E-state index is -0.957. The molecule has 5 nitrogen and oxygen atoms in total. The topological polar surface area (TPSA) is 68.0 Å². The number of nitrogens with zero attached hydrogens (tertiary/aromatic N) is 3. The lowest BCUT2D eigenvalue weighted by molar-refractivity contribution is 0.0696. The number of pyridine rings is 1. The molecule has 0 saturated heterocycles. The predicted molar refractivity (Wildman–Crippen MR) is 64.0 cm³/mol. The van der Waals surface area contributed by atoms with Crippen molar-refractivity contribution < 1.29 is 9.90 Å². The van der Waals surface area contributed by atoms with Crippen LogP contribution in [0.1, 0.15) is 15.9 Å². The molecule has 88 valence electrons. The highest BCUT2D eigenvalue weighted by molar-refractivity contribution is 7.98. The minimum absolute atomic E-state index is 0.204. The molecule has 2 aromatic rings. The van der Waals surface area contributed by atoms with Crippen molar-refractivity contribution >= 4 is 17.7 Å². The van der Waals surface area contributed by atoms with Crippen LogP contribution < -0.4 is 0 Å². The van der Waals surface area contributed by atoms with E-state index in [0.29, 0.717) is 0 Å². The average molecular weight is 249 g/mol. The molecular formula is C11H11N3O2S. The molecule has 0 amide bonds. The molecule has 1 N–H and O–H groups in total. The summed E-state index contributed by atoms with van der Waals surface area (Å²) in [7, 11) is 1.87. The van der Waals surface area contributed by atoms with Gasteiger partial charge in [0.15, 0.2) is 0 Å². The highest BCUT2D eigenvalue weighted by Gasteiger charge is 2.04. The first-order valence-corrected chi connectivity index (χ1v) is 5.93. The number of carbonyl (C=O) groups is 1. The van der Waals surface area contributed by atoms with Gasteiger partial charge in [0.2, 0.25) is 0 Å². The monoisotopic (exact) mass is 249 g/mol. The number of hydrogen-bond donors (Lipinski definition) is 1. The maximum absolute atomic E-state index is 10.6. The van der Waals surface area contributed by atoms with Crippen LogP contribution in [0.25, 0.3) is 0 Å². The summed E-state index contributed by atoms with van der Waals surface area (Å²) < 4.78 is 1.75. The number of carboxylic acid groups (broad SMARTS) is 1. The van der Waals surface area contributed by atoms with Crippen LogP contribution in [0.15, 0.2) is 35.7 Å². The van der Waals surface area contributed by atoms with E-state index in [1.54, 1.807) is 34.8 Å². The van der Waals surface area contributed by atoms with Gasteiger partial charge >= 0.3 is 5.97 Å². The van der Waals surface area contributed by atoms with E-state index < -0.39 is 5.97 Å². The van der Waals surface area contributed by atoms with Crippen LogP contribution in [0, 0.1) is 0 Å². The second-order valence-electron chi connectivity index (χ2n) is 3.50. The first-order chi connectivity index (χ1) is 8.15. The summed E-state index contributed by atoms with van der Waals surface area (Å²) in [5.41, 5.74) is 1.32. The summed E-state index contributed by atoms with van der Waals surface area (Å²) in [4.78, 5) is 14.7. The van der Waals surface area contributed by atoms with E-state index in [1.807, 2.05) is 13.2 Å². The van der Waals surface area contributed by atoms with Crippen molar-refractivity contribution in [2.24, 2.45) is 7.05 Å². The molecule has 0 aliphatic carbocycles. The van der Waals surface area contributed by atoms with Gasteiger partial charge in [0.25, 0.3) is 0 Å². The summed E-state index contributed by atoms with van der Waals surface area (Å²) in [5, 5.41) is 13.6. The Labute approximate surface area is 102 Å². The van der Waals surface area contributed by atoms with Gasteiger partial charge in [0, 0.05) is 30.8 Å². The summed E-state index contributed by atoms with van der Waals surface area (Å²) in [5.74, 6) is -0.186.